The van der Waals surface area contributed by atoms with Gasteiger partial charge in [-0.25, -0.2) is 9.48 Å². The molecular formula is C26H30N4O3S. The molecule has 0 bridgehead atoms. The third kappa shape index (κ3) is 5.44. The molecule has 0 saturated heterocycles. The largest absolute Gasteiger partial charge is 0.494 e. The highest BCUT2D eigenvalue weighted by Crippen LogP contribution is 2.38. The maximum Gasteiger partial charge on any atom is 0.338 e. The van der Waals surface area contributed by atoms with Crippen molar-refractivity contribution in [3.8, 4) is 5.75 Å². The first kappa shape index (κ1) is 23.9. The number of nitrogens with zero attached hydrogens (tertiary/aromatic N) is 3. The van der Waals surface area contributed by atoms with Crippen molar-refractivity contribution in [1.82, 2.24) is 14.8 Å². The summed E-state index contributed by atoms with van der Waals surface area (Å²) in [5.41, 5.74) is 3.33. The second-order valence-electron chi connectivity index (χ2n) is 8.06. The number of fused-ring (bicyclic) bond motifs is 1. The average Bonchev–Trinajstić information content (AvgIpc) is 3.27. The van der Waals surface area contributed by atoms with Crippen LogP contribution in [0.3, 0.4) is 0 Å². The number of esters is 1. The molecule has 1 unspecified atom stereocenters. The Hall–Kier alpha value is -3.26. The summed E-state index contributed by atoms with van der Waals surface area (Å²) in [6.45, 7) is 6.92. The Balaban J connectivity index is 1.69. The molecule has 1 atom stereocenters. The molecule has 7 nitrogen and oxygen atoms in total. The number of allylic oxidation sites excluding steroid dienone is 1. The van der Waals surface area contributed by atoms with Gasteiger partial charge in [0.1, 0.15) is 11.8 Å². The fourth-order valence-electron chi connectivity index (χ4n) is 3.75. The Bertz CT molecular complexity index is 1160. The maximum atomic E-state index is 13.1. The lowest BCUT2D eigenvalue weighted by molar-refractivity contribution is -0.139. The lowest BCUT2D eigenvalue weighted by atomic mass is 9.95. The Morgan fingerprint density at radius 3 is 2.65 bits per heavy atom. The standard InChI is InChI=1S/C26H30N4O3S/c1-4-14-32-21-13-9-12-20(16-21)23-22(24(31)33-15-5-2)18(3)27-25-28-26(29-30(23)25)34-17-19-10-7-6-8-11-19/h6-13,16,23H,4-5,14-15,17H2,1-3H3,(H,27,28,29). The minimum Gasteiger partial charge on any atom is -0.494 e. The average molecular weight is 479 g/mol. The zero-order valence-corrected chi connectivity index (χ0v) is 20.6. The fraction of sp³-hybridized carbons (Fsp3) is 0.346. The van der Waals surface area contributed by atoms with Crippen molar-refractivity contribution in [2.75, 3.05) is 18.5 Å². The van der Waals surface area contributed by atoms with Crippen molar-refractivity contribution in [3.05, 3.63) is 77.0 Å². The molecule has 0 spiro atoms. The number of aromatic nitrogens is 3. The van der Waals surface area contributed by atoms with Gasteiger partial charge in [-0.2, -0.15) is 4.98 Å². The van der Waals surface area contributed by atoms with E-state index in [2.05, 4.69) is 24.4 Å². The number of carbonyl (C=O) groups excluding carboxylic acids is 1. The van der Waals surface area contributed by atoms with Crippen LogP contribution in [-0.4, -0.2) is 33.9 Å². The van der Waals surface area contributed by atoms with E-state index in [1.165, 1.54) is 5.56 Å². The first-order valence-electron chi connectivity index (χ1n) is 11.6. The molecule has 1 aromatic heterocycles. The Morgan fingerprint density at radius 2 is 1.88 bits per heavy atom. The number of benzene rings is 2. The summed E-state index contributed by atoms with van der Waals surface area (Å²) in [6, 6.07) is 17.6. The van der Waals surface area contributed by atoms with Crippen LogP contribution in [0.25, 0.3) is 0 Å². The third-order valence-corrected chi connectivity index (χ3v) is 6.26. The summed E-state index contributed by atoms with van der Waals surface area (Å²) < 4.78 is 13.2. The number of ether oxygens (including phenoxy) is 2. The summed E-state index contributed by atoms with van der Waals surface area (Å²) in [5, 5.41) is 8.69. The van der Waals surface area contributed by atoms with Crippen LogP contribution in [0.15, 0.2) is 71.0 Å². The fourth-order valence-corrected chi connectivity index (χ4v) is 4.54. The molecule has 1 aliphatic heterocycles. The zero-order chi connectivity index (χ0) is 23.9. The van der Waals surface area contributed by atoms with Gasteiger partial charge in [0.05, 0.1) is 18.8 Å². The number of carbonyl (C=O) groups is 1. The van der Waals surface area contributed by atoms with Crippen molar-refractivity contribution in [1.29, 1.82) is 0 Å². The first-order valence-corrected chi connectivity index (χ1v) is 12.6. The first-order chi connectivity index (χ1) is 16.6. The lowest BCUT2D eigenvalue weighted by Gasteiger charge is -2.28. The molecular weight excluding hydrogens is 448 g/mol. The van der Waals surface area contributed by atoms with Crippen molar-refractivity contribution < 1.29 is 14.3 Å². The summed E-state index contributed by atoms with van der Waals surface area (Å²) in [4.78, 5) is 17.8. The summed E-state index contributed by atoms with van der Waals surface area (Å²) >= 11 is 1.56. The van der Waals surface area contributed by atoms with E-state index in [0.29, 0.717) is 35.6 Å². The number of hydrogen-bond donors (Lipinski definition) is 1. The van der Waals surface area contributed by atoms with Gasteiger partial charge in [0.15, 0.2) is 0 Å². The molecule has 4 rings (SSSR count). The highest BCUT2D eigenvalue weighted by molar-refractivity contribution is 7.98. The molecule has 34 heavy (non-hydrogen) atoms. The topological polar surface area (TPSA) is 78.3 Å². The molecule has 2 heterocycles. The second-order valence-corrected chi connectivity index (χ2v) is 9.00. The third-order valence-electron chi connectivity index (χ3n) is 5.35. The van der Waals surface area contributed by atoms with Crippen LogP contribution in [-0.2, 0) is 15.3 Å². The predicted octanol–water partition coefficient (Wildman–Crippen LogP) is 5.60. The minimum absolute atomic E-state index is 0.351. The molecule has 2 aromatic carbocycles. The predicted molar refractivity (Wildman–Crippen MR) is 134 cm³/mol. The Kier molecular flexibility index (Phi) is 7.90. The van der Waals surface area contributed by atoms with Gasteiger partial charge in [-0.3, -0.25) is 0 Å². The molecule has 178 valence electrons. The van der Waals surface area contributed by atoms with Crippen LogP contribution in [0.5, 0.6) is 5.75 Å². The van der Waals surface area contributed by atoms with Crippen LogP contribution in [0.1, 0.15) is 50.8 Å². The smallest absolute Gasteiger partial charge is 0.338 e. The van der Waals surface area contributed by atoms with Gasteiger partial charge >= 0.3 is 5.97 Å². The van der Waals surface area contributed by atoms with Crippen molar-refractivity contribution in [2.24, 2.45) is 0 Å². The molecule has 1 aliphatic rings. The highest BCUT2D eigenvalue weighted by atomic mass is 32.2. The molecule has 0 aliphatic carbocycles. The van der Waals surface area contributed by atoms with Crippen LogP contribution < -0.4 is 10.1 Å². The van der Waals surface area contributed by atoms with Gasteiger partial charge < -0.3 is 14.8 Å². The van der Waals surface area contributed by atoms with E-state index in [1.54, 1.807) is 16.4 Å². The van der Waals surface area contributed by atoms with E-state index in [1.807, 2.05) is 56.3 Å². The molecule has 8 heteroatoms. The van der Waals surface area contributed by atoms with Gasteiger partial charge in [0.2, 0.25) is 11.1 Å². The molecule has 0 radical (unpaired) electrons. The summed E-state index contributed by atoms with van der Waals surface area (Å²) in [6.07, 6.45) is 1.67. The second kappa shape index (κ2) is 11.2. The van der Waals surface area contributed by atoms with E-state index in [-0.39, 0.29) is 5.97 Å². The molecule has 0 saturated carbocycles. The Morgan fingerprint density at radius 1 is 1.09 bits per heavy atom. The quantitative estimate of drug-likeness (QED) is 0.300. The zero-order valence-electron chi connectivity index (χ0n) is 19.8. The SMILES string of the molecule is CCCOC(=O)C1=C(C)Nc2nc(SCc3ccccc3)nn2C1c1cccc(OCCC)c1. The number of thioether (sulfide) groups is 1. The monoisotopic (exact) mass is 478 g/mol. The minimum atomic E-state index is -0.468. The Labute approximate surface area is 204 Å². The van der Waals surface area contributed by atoms with Gasteiger partial charge in [0.25, 0.3) is 0 Å². The van der Waals surface area contributed by atoms with Crippen LogP contribution in [0.2, 0.25) is 0 Å². The summed E-state index contributed by atoms with van der Waals surface area (Å²) in [7, 11) is 0. The van der Waals surface area contributed by atoms with Crippen molar-refractivity contribution in [3.63, 3.8) is 0 Å². The van der Waals surface area contributed by atoms with E-state index in [0.717, 1.165) is 29.9 Å². The molecule has 3 aromatic rings. The van der Waals surface area contributed by atoms with Crippen molar-refractivity contribution in [2.45, 2.75) is 50.6 Å². The summed E-state index contributed by atoms with van der Waals surface area (Å²) in [5.74, 6) is 1.77. The van der Waals surface area contributed by atoms with Crippen molar-refractivity contribution >= 4 is 23.7 Å². The number of rotatable bonds is 10. The van der Waals surface area contributed by atoms with Gasteiger partial charge in [-0.05, 0) is 43.0 Å². The van der Waals surface area contributed by atoms with Gasteiger partial charge in [0, 0.05) is 11.4 Å². The molecule has 0 amide bonds. The molecule has 1 N–H and O–H groups in total. The lowest BCUT2D eigenvalue weighted by Crippen LogP contribution is -2.29. The number of anilines is 1. The van der Waals surface area contributed by atoms with E-state index in [4.69, 9.17) is 19.6 Å². The van der Waals surface area contributed by atoms with Crippen LogP contribution in [0.4, 0.5) is 5.95 Å². The van der Waals surface area contributed by atoms with E-state index < -0.39 is 6.04 Å². The van der Waals surface area contributed by atoms with E-state index in [9.17, 15) is 4.79 Å². The highest BCUT2D eigenvalue weighted by Gasteiger charge is 2.35. The molecule has 0 fully saturated rings. The number of hydrogen-bond acceptors (Lipinski definition) is 7. The van der Waals surface area contributed by atoms with Crippen LogP contribution >= 0.6 is 11.8 Å². The van der Waals surface area contributed by atoms with E-state index >= 15 is 0 Å². The van der Waals surface area contributed by atoms with Gasteiger partial charge in [-0.1, -0.05) is 68.1 Å². The number of nitrogens with one attached hydrogen (secondary N) is 1. The maximum absolute atomic E-state index is 13.1. The van der Waals surface area contributed by atoms with Gasteiger partial charge in [-0.15, -0.1) is 5.10 Å². The normalized spacial score (nSPS) is 15.0. The van der Waals surface area contributed by atoms with Crippen LogP contribution in [0, 0.1) is 0 Å².